The van der Waals surface area contributed by atoms with Crippen molar-refractivity contribution in [2.24, 2.45) is 0 Å². The molecule has 39 heavy (non-hydrogen) atoms. The van der Waals surface area contributed by atoms with Crippen molar-refractivity contribution < 1.29 is 22.7 Å². The Morgan fingerprint density at radius 2 is 1.67 bits per heavy atom. The first-order valence-electron chi connectivity index (χ1n) is 12.7. The normalized spacial score (nSPS) is 11.9. The second-order valence-corrected chi connectivity index (χ2v) is 11.1. The maximum absolute atomic E-state index is 13.9. The van der Waals surface area contributed by atoms with E-state index in [1.54, 1.807) is 30.3 Å². The molecule has 0 fully saturated rings. The fraction of sp³-hybridized carbons (Fsp3) is 0.310. The van der Waals surface area contributed by atoms with Gasteiger partial charge in [-0.2, -0.15) is 0 Å². The topological polar surface area (TPSA) is 96.0 Å². The van der Waals surface area contributed by atoms with Gasteiger partial charge in [0, 0.05) is 18.1 Å². The van der Waals surface area contributed by atoms with Crippen LogP contribution in [0.3, 0.4) is 0 Å². The van der Waals surface area contributed by atoms with E-state index in [2.05, 4.69) is 5.32 Å². The lowest BCUT2D eigenvalue weighted by Gasteiger charge is -2.33. The zero-order valence-corrected chi connectivity index (χ0v) is 23.9. The predicted octanol–water partition coefficient (Wildman–Crippen LogP) is 4.53. The molecule has 0 radical (unpaired) electrons. The molecule has 3 rings (SSSR count). The first-order valence-corrected chi connectivity index (χ1v) is 14.6. The molecule has 0 saturated carbocycles. The highest BCUT2D eigenvalue weighted by atomic mass is 35.5. The number of sulfonamides is 1. The van der Waals surface area contributed by atoms with Crippen molar-refractivity contribution in [2.75, 3.05) is 31.0 Å². The lowest BCUT2D eigenvalue weighted by Crippen LogP contribution is -2.53. The number of halogens is 1. The number of nitrogens with one attached hydrogen (secondary N) is 1. The Hall–Kier alpha value is -3.56. The molecule has 3 aromatic carbocycles. The van der Waals surface area contributed by atoms with E-state index in [4.69, 9.17) is 16.3 Å². The highest BCUT2D eigenvalue weighted by Crippen LogP contribution is 2.27. The molecule has 0 spiro atoms. The Kier molecular flexibility index (Phi) is 10.8. The third-order valence-corrected chi connectivity index (χ3v) is 8.27. The van der Waals surface area contributed by atoms with Crippen LogP contribution >= 0.6 is 11.6 Å². The Bertz CT molecular complexity index is 1350. The smallest absolute Gasteiger partial charge is 0.264 e. The number of hydrogen-bond donors (Lipinski definition) is 1. The van der Waals surface area contributed by atoms with Gasteiger partial charge >= 0.3 is 0 Å². The second-order valence-electron chi connectivity index (χ2n) is 8.81. The highest BCUT2D eigenvalue weighted by molar-refractivity contribution is 7.92. The molecular formula is C29H34ClN3O5S. The molecule has 0 unspecified atom stereocenters. The number of carbonyl (C=O) groups is 2. The summed E-state index contributed by atoms with van der Waals surface area (Å²) in [4.78, 5) is 28.3. The van der Waals surface area contributed by atoms with Crippen molar-refractivity contribution in [1.29, 1.82) is 0 Å². The molecule has 0 aliphatic carbocycles. The average molecular weight is 572 g/mol. The van der Waals surface area contributed by atoms with E-state index in [1.165, 1.54) is 30.2 Å². The molecule has 0 bridgehead atoms. The van der Waals surface area contributed by atoms with Gasteiger partial charge < -0.3 is 15.0 Å². The number of ether oxygens (including phenoxy) is 1. The van der Waals surface area contributed by atoms with Crippen molar-refractivity contribution in [2.45, 2.75) is 37.6 Å². The Morgan fingerprint density at radius 1 is 0.974 bits per heavy atom. The zero-order valence-electron chi connectivity index (χ0n) is 22.3. The minimum absolute atomic E-state index is 0.0114. The SMILES string of the molecule is CCNC(=O)[C@H](CC)N(CCc1ccccc1)C(=O)CN(c1cccc(Cl)c1)S(=O)(=O)c1ccc(OC)cc1. The number of amides is 2. The third kappa shape index (κ3) is 7.74. The number of nitrogens with zero attached hydrogens (tertiary/aromatic N) is 2. The standard InChI is InChI=1S/C29H34ClN3O5S/c1-4-27(29(35)31-5-2)32(19-18-22-10-7-6-8-11-22)28(34)21-33(24-13-9-12-23(30)20-24)39(36,37)26-16-14-25(38-3)15-17-26/h6-17,20,27H,4-5,18-19,21H2,1-3H3,(H,31,35)/t27-/m0/s1. The second kappa shape index (κ2) is 14.0. The Morgan fingerprint density at radius 3 is 2.26 bits per heavy atom. The summed E-state index contributed by atoms with van der Waals surface area (Å²) < 4.78 is 33.9. The van der Waals surface area contributed by atoms with Crippen LogP contribution in [0.5, 0.6) is 5.75 Å². The summed E-state index contributed by atoms with van der Waals surface area (Å²) in [5, 5.41) is 3.12. The fourth-order valence-corrected chi connectivity index (χ4v) is 5.81. The van der Waals surface area contributed by atoms with E-state index >= 15 is 0 Å². The molecule has 8 nitrogen and oxygen atoms in total. The van der Waals surface area contributed by atoms with Gasteiger partial charge in [-0.1, -0.05) is 54.9 Å². The number of anilines is 1. The summed E-state index contributed by atoms with van der Waals surface area (Å²) in [6, 6.07) is 21.1. The number of likely N-dealkylation sites (N-methyl/N-ethyl adjacent to an activating group) is 1. The van der Waals surface area contributed by atoms with E-state index in [0.29, 0.717) is 30.2 Å². The first-order chi connectivity index (χ1) is 18.7. The van der Waals surface area contributed by atoms with E-state index in [1.807, 2.05) is 44.2 Å². The van der Waals surface area contributed by atoms with Gasteiger partial charge in [0.1, 0.15) is 18.3 Å². The Labute approximate surface area is 235 Å². The van der Waals surface area contributed by atoms with Gasteiger partial charge in [0.25, 0.3) is 10.0 Å². The van der Waals surface area contributed by atoms with Gasteiger partial charge in [-0.3, -0.25) is 13.9 Å². The molecule has 1 atom stereocenters. The van der Waals surface area contributed by atoms with Crippen LogP contribution in [0.2, 0.25) is 5.02 Å². The van der Waals surface area contributed by atoms with Crippen LogP contribution in [0.15, 0.2) is 83.8 Å². The van der Waals surface area contributed by atoms with Gasteiger partial charge in [-0.25, -0.2) is 8.42 Å². The van der Waals surface area contributed by atoms with Crippen molar-refractivity contribution in [3.8, 4) is 5.75 Å². The molecule has 0 aromatic heterocycles. The average Bonchev–Trinajstić information content (AvgIpc) is 2.94. The molecule has 10 heteroatoms. The number of benzene rings is 3. The first kappa shape index (κ1) is 30.0. The van der Waals surface area contributed by atoms with Gasteiger partial charge in [0.2, 0.25) is 11.8 Å². The number of rotatable bonds is 13. The lowest BCUT2D eigenvalue weighted by molar-refractivity contribution is -0.139. The van der Waals surface area contributed by atoms with E-state index in [9.17, 15) is 18.0 Å². The molecular weight excluding hydrogens is 538 g/mol. The molecule has 3 aromatic rings. The summed E-state index contributed by atoms with van der Waals surface area (Å²) in [6.45, 7) is 3.77. The van der Waals surface area contributed by atoms with E-state index in [-0.39, 0.29) is 23.0 Å². The molecule has 0 aliphatic heterocycles. The molecule has 0 aliphatic rings. The minimum Gasteiger partial charge on any atom is -0.497 e. The van der Waals surface area contributed by atoms with Crippen molar-refractivity contribution in [3.63, 3.8) is 0 Å². The van der Waals surface area contributed by atoms with Crippen molar-refractivity contribution in [1.82, 2.24) is 10.2 Å². The van der Waals surface area contributed by atoms with Crippen molar-refractivity contribution in [3.05, 3.63) is 89.4 Å². The van der Waals surface area contributed by atoms with Crippen LogP contribution in [0.4, 0.5) is 5.69 Å². The van der Waals surface area contributed by atoms with Crippen LogP contribution in [-0.2, 0) is 26.0 Å². The van der Waals surface area contributed by atoms with E-state index in [0.717, 1.165) is 9.87 Å². The molecule has 0 heterocycles. The highest BCUT2D eigenvalue weighted by Gasteiger charge is 2.33. The van der Waals surface area contributed by atoms with Gasteiger partial charge in [-0.05, 0) is 67.8 Å². The molecule has 0 saturated heterocycles. The third-order valence-electron chi connectivity index (χ3n) is 6.24. The quantitative estimate of drug-likeness (QED) is 0.325. The summed E-state index contributed by atoms with van der Waals surface area (Å²) in [6.07, 6.45) is 0.875. The van der Waals surface area contributed by atoms with Crippen molar-refractivity contribution >= 4 is 39.1 Å². The molecule has 208 valence electrons. The van der Waals surface area contributed by atoms with Crippen LogP contribution in [0, 0.1) is 0 Å². The monoisotopic (exact) mass is 571 g/mol. The van der Waals surface area contributed by atoms with Crippen LogP contribution in [0.25, 0.3) is 0 Å². The van der Waals surface area contributed by atoms with E-state index < -0.39 is 28.5 Å². The molecule has 1 N–H and O–H groups in total. The summed E-state index contributed by atoms with van der Waals surface area (Å²) in [5.74, 6) is -0.283. The number of hydrogen-bond acceptors (Lipinski definition) is 5. The number of methoxy groups -OCH3 is 1. The summed E-state index contributed by atoms with van der Waals surface area (Å²) in [5.41, 5.74) is 1.24. The van der Waals surface area contributed by atoms with Crippen LogP contribution in [0.1, 0.15) is 25.8 Å². The minimum atomic E-state index is -4.18. The lowest BCUT2D eigenvalue weighted by atomic mass is 10.1. The van der Waals surface area contributed by atoms with Gasteiger partial charge in [-0.15, -0.1) is 0 Å². The van der Waals surface area contributed by atoms with Gasteiger partial charge in [0.15, 0.2) is 0 Å². The maximum atomic E-state index is 13.9. The Balaban J connectivity index is 2.00. The largest absolute Gasteiger partial charge is 0.497 e. The van der Waals surface area contributed by atoms with Gasteiger partial charge in [0.05, 0.1) is 17.7 Å². The predicted molar refractivity (Wildman–Crippen MR) is 154 cm³/mol. The molecule has 2 amide bonds. The number of carbonyl (C=O) groups excluding carboxylic acids is 2. The maximum Gasteiger partial charge on any atom is 0.264 e. The zero-order chi connectivity index (χ0) is 28.4. The fourth-order valence-electron chi connectivity index (χ4n) is 4.22. The summed E-state index contributed by atoms with van der Waals surface area (Å²) in [7, 11) is -2.69. The van der Waals surface area contributed by atoms with Crippen LogP contribution in [-0.4, -0.2) is 57.9 Å². The summed E-state index contributed by atoms with van der Waals surface area (Å²) >= 11 is 6.20. The van der Waals surface area contributed by atoms with Crippen LogP contribution < -0.4 is 14.4 Å².